The number of benzene rings is 1. The molecule has 1 aromatic heterocycles. The molecule has 7 heteroatoms. The molecular weight excluding hydrogens is 311 g/mol. The maximum absolute atomic E-state index is 12.4. The summed E-state index contributed by atoms with van der Waals surface area (Å²) < 4.78 is 0. The Hall–Kier alpha value is -1.72. The molecule has 0 atom stereocenters. The normalized spacial score (nSPS) is 14.5. The minimum atomic E-state index is 0. The van der Waals surface area contributed by atoms with Gasteiger partial charge in [0, 0.05) is 29.5 Å². The molecule has 0 spiro atoms. The van der Waals surface area contributed by atoms with Gasteiger partial charge in [0.25, 0.3) is 0 Å². The lowest BCUT2D eigenvalue weighted by Crippen LogP contribution is -2.31. The van der Waals surface area contributed by atoms with Crippen LogP contribution in [0.4, 0.5) is 10.5 Å². The number of carbonyl (C=O) groups is 1. The highest BCUT2D eigenvalue weighted by molar-refractivity contribution is 6.30. The van der Waals surface area contributed by atoms with Gasteiger partial charge in [-0.05, 0) is 31.2 Å². The van der Waals surface area contributed by atoms with Crippen LogP contribution in [0.2, 0.25) is 5.02 Å². The van der Waals surface area contributed by atoms with Gasteiger partial charge in [-0.2, -0.15) is 0 Å². The van der Waals surface area contributed by atoms with E-state index in [-0.39, 0.29) is 18.4 Å². The molecule has 2 amide bonds. The summed E-state index contributed by atoms with van der Waals surface area (Å²) in [6.07, 6.45) is 1.65. The second kappa shape index (κ2) is 6.37. The van der Waals surface area contributed by atoms with Gasteiger partial charge in [-0.25, -0.2) is 9.78 Å². The van der Waals surface area contributed by atoms with Gasteiger partial charge in [0.05, 0.1) is 18.6 Å². The van der Waals surface area contributed by atoms with Crippen LogP contribution in [0, 0.1) is 6.92 Å². The summed E-state index contributed by atoms with van der Waals surface area (Å²) >= 11 is 5.87. The van der Waals surface area contributed by atoms with Crippen molar-refractivity contribution >= 4 is 35.7 Å². The third-order valence-electron chi connectivity index (χ3n) is 3.51. The van der Waals surface area contributed by atoms with E-state index >= 15 is 0 Å². The number of anilines is 1. The van der Waals surface area contributed by atoms with Crippen molar-refractivity contribution < 1.29 is 4.79 Å². The molecule has 5 nitrogen and oxygen atoms in total. The zero-order chi connectivity index (χ0) is 14.1. The van der Waals surface area contributed by atoms with Crippen molar-refractivity contribution in [3.63, 3.8) is 0 Å². The fourth-order valence-corrected chi connectivity index (χ4v) is 2.44. The van der Waals surface area contributed by atoms with Gasteiger partial charge in [0.1, 0.15) is 0 Å². The predicted octanol–water partition coefficient (Wildman–Crippen LogP) is 3.24. The molecule has 1 saturated heterocycles. The molecular formula is C14H16Cl2N4O. The fourth-order valence-electron chi connectivity index (χ4n) is 2.32. The number of nitrogens with one attached hydrogen (secondary N) is 1. The molecule has 2 heterocycles. The number of urea groups is 1. The Kier molecular flexibility index (Phi) is 4.75. The van der Waals surface area contributed by atoms with Crippen LogP contribution in [0.25, 0.3) is 0 Å². The van der Waals surface area contributed by atoms with Crippen LogP contribution in [0.1, 0.15) is 11.4 Å². The highest BCUT2D eigenvalue weighted by Crippen LogP contribution is 2.23. The van der Waals surface area contributed by atoms with Crippen molar-refractivity contribution in [3.8, 4) is 0 Å². The first-order chi connectivity index (χ1) is 9.65. The third-order valence-corrected chi connectivity index (χ3v) is 3.76. The zero-order valence-electron chi connectivity index (χ0n) is 11.5. The molecule has 1 aliphatic rings. The van der Waals surface area contributed by atoms with Crippen LogP contribution >= 0.6 is 24.0 Å². The van der Waals surface area contributed by atoms with Gasteiger partial charge in [-0.15, -0.1) is 12.4 Å². The number of hydrogen-bond donors (Lipinski definition) is 1. The van der Waals surface area contributed by atoms with Crippen LogP contribution in [-0.4, -0.2) is 34.0 Å². The molecule has 0 unspecified atom stereocenters. The average Bonchev–Trinajstić information content (AvgIpc) is 3.00. The summed E-state index contributed by atoms with van der Waals surface area (Å²) in [7, 11) is 0. The van der Waals surface area contributed by atoms with E-state index in [0.29, 0.717) is 24.7 Å². The maximum Gasteiger partial charge on any atom is 0.324 e. The number of halogens is 2. The lowest BCUT2D eigenvalue weighted by molar-refractivity contribution is 0.218. The first-order valence-corrected chi connectivity index (χ1v) is 6.84. The van der Waals surface area contributed by atoms with Gasteiger partial charge in [-0.1, -0.05) is 11.6 Å². The number of aromatic nitrogens is 2. The van der Waals surface area contributed by atoms with E-state index in [4.69, 9.17) is 11.6 Å². The Morgan fingerprint density at radius 3 is 2.62 bits per heavy atom. The van der Waals surface area contributed by atoms with E-state index < -0.39 is 0 Å². The quantitative estimate of drug-likeness (QED) is 0.941. The number of rotatable bonds is 3. The van der Waals surface area contributed by atoms with Crippen molar-refractivity contribution in [3.05, 3.63) is 47.0 Å². The highest BCUT2D eigenvalue weighted by atomic mass is 35.5. The third kappa shape index (κ3) is 3.14. The summed E-state index contributed by atoms with van der Waals surface area (Å²) in [4.78, 5) is 23.2. The van der Waals surface area contributed by atoms with E-state index in [0.717, 1.165) is 17.1 Å². The van der Waals surface area contributed by atoms with Gasteiger partial charge in [0.2, 0.25) is 0 Å². The van der Waals surface area contributed by atoms with Crippen LogP contribution in [0.3, 0.4) is 0 Å². The number of imidazole rings is 1. The maximum atomic E-state index is 12.4. The van der Waals surface area contributed by atoms with E-state index in [1.54, 1.807) is 28.3 Å². The minimum Gasteiger partial charge on any atom is -0.348 e. The smallest absolute Gasteiger partial charge is 0.324 e. The molecule has 21 heavy (non-hydrogen) atoms. The molecule has 1 fully saturated rings. The van der Waals surface area contributed by atoms with E-state index in [1.807, 2.05) is 19.1 Å². The molecule has 0 radical (unpaired) electrons. The molecule has 0 bridgehead atoms. The number of carbonyl (C=O) groups excluding carboxylic acids is 1. The topological polar surface area (TPSA) is 52.2 Å². The number of amides is 2. The van der Waals surface area contributed by atoms with E-state index in [2.05, 4.69) is 9.97 Å². The summed E-state index contributed by atoms with van der Waals surface area (Å²) in [6.45, 7) is 3.88. The number of hydrogen-bond acceptors (Lipinski definition) is 2. The van der Waals surface area contributed by atoms with Gasteiger partial charge >= 0.3 is 6.03 Å². The molecule has 0 saturated carbocycles. The Morgan fingerprint density at radius 2 is 2.00 bits per heavy atom. The summed E-state index contributed by atoms with van der Waals surface area (Å²) in [5.41, 5.74) is 2.79. The van der Waals surface area contributed by atoms with Crippen molar-refractivity contribution in [1.82, 2.24) is 14.9 Å². The molecule has 3 rings (SSSR count). The summed E-state index contributed by atoms with van der Waals surface area (Å²) in [5.74, 6) is 0. The minimum absolute atomic E-state index is 0. The second-order valence-electron chi connectivity index (χ2n) is 4.81. The standard InChI is InChI=1S/C14H15ClN4O.ClH/c1-10-13(17-9-16-10)8-18-6-7-19(14(18)20)12-4-2-11(15)3-5-12;/h2-5,9H,6-8H2,1H3,(H,16,17);1H. The predicted molar refractivity (Wildman–Crippen MR) is 85.2 cm³/mol. The summed E-state index contributed by atoms with van der Waals surface area (Å²) in [6, 6.07) is 7.33. The number of aromatic amines is 1. The Labute approximate surface area is 134 Å². The molecule has 1 aliphatic heterocycles. The average molecular weight is 327 g/mol. The van der Waals surface area contributed by atoms with E-state index in [1.165, 1.54) is 0 Å². The molecule has 112 valence electrons. The monoisotopic (exact) mass is 326 g/mol. The largest absolute Gasteiger partial charge is 0.348 e. The van der Waals surface area contributed by atoms with Crippen LogP contribution in [0.5, 0.6) is 0 Å². The second-order valence-corrected chi connectivity index (χ2v) is 5.24. The molecule has 0 aliphatic carbocycles. The SMILES string of the molecule is Cc1[nH]cnc1CN1CCN(c2ccc(Cl)cc2)C1=O.Cl. The zero-order valence-corrected chi connectivity index (χ0v) is 13.1. The van der Waals surface area contributed by atoms with Crippen molar-refractivity contribution in [2.45, 2.75) is 13.5 Å². The van der Waals surface area contributed by atoms with Crippen molar-refractivity contribution in [1.29, 1.82) is 0 Å². The van der Waals surface area contributed by atoms with E-state index in [9.17, 15) is 4.79 Å². The van der Waals surface area contributed by atoms with Crippen molar-refractivity contribution in [2.75, 3.05) is 18.0 Å². The van der Waals surface area contributed by atoms with Gasteiger partial charge < -0.3 is 9.88 Å². The highest BCUT2D eigenvalue weighted by Gasteiger charge is 2.30. The first-order valence-electron chi connectivity index (χ1n) is 6.46. The van der Waals surface area contributed by atoms with Crippen LogP contribution in [0.15, 0.2) is 30.6 Å². The Balaban J connectivity index is 0.00000161. The lowest BCUT2D eigenvalue weighted by Gasteiger charge is -2.18. The van der Waals surface area contributed by atoms with Crippen LogP contribution in [-0.2, 0) is 6.54 Å². The van der Waals surface area contributed by atoms with Crippen LogP contribution < -0.4 is 4.90 Å². The first kappa shape index (κ1) is 15.7. The lowest BCUT2D eigenvalue weighted by atomic mass is 10.3. The number of H-pyrrole nitrogens is 1. The van der Waals surface area contributed by atoms with Crippen molar-refractivity contribution in [2.24, 2.45) is 0 Å². The molecule has 1 N–H and O–H groups in total. The fraction of sp³-hybridized carbons (Fsp3) is 0.286. The van der Waals surface area contributed by atoms with Gasteiger partial charge in [-0.3, -0.25) is 4.90 Å². The molecule has 1 aromatic carbocycles. The van der Waals surface area contributed by atoms with Gasteiger partial charge in [0.15, 0.2) is 0 Å². The number of nitrogens with zero attached hydrogens (tertiary/aromatic N) is 3. The Bertz CT molecular complexity index is 626. The summed E-state index contributed by atoms with van der Waals surface area (Å²) in [5, 5.41) is 0.671. The molecule has 2 aromatic rings. The number of aryl methyl sites for hydroxylation is 1. The Morgan fingerprint density at radius 1 is 1.29 bits per heavy atom.